The maximum Gasteiger partial charge on any atom is 0.363 e. The largest absolute Gasteiger partial charge is 0.402 e. The molecule has 1 heterocycles. The molecule has 0 unspecified atom stereocenters. The minimum atomic E-state index is -0.508. The van der Waals surface area contributed by atoms with Crippen molar-refractivity contribution >= 4 is 41.1 Å². The fourth-order valence-electron chi connectivity index (χ4n) is 2.15. The number of benzene rings is 2. The van der Waals surface area contributed by atoms with E-state index in [2.05, 4.69) is 10.3 Å². The van der Waals surface area contributed by atoms with Gasteiger partial charge >= 0.3 is 5.97 Å². The van der Waals surface area contributed by atoms with Crippen LogP contribution in [-0.4, -0.2) is 17.8 Å². The lowest BCUT2D eigenvalue weighted by molar-refractivity contribution is -0.129. The summed E-state index contributed by atoms with van der Waals surface area (Å²) < 4.78 is 5.21. The number of carbonyl (C=O) groups excluding carboxylic acids is 2. The van der Waals surface area contributed by atoms with E-state index in [9.17, 15) is 9.59 Å². The third kappa shape index (κ3) is 3.70. The molecule has 0 atom stereocenters. The second-order valence-electron chi connectivity index (χ2n) is 5.15. The molecule has 0 spiro atoms. The Morgan fingerprint density at radius 3 is 2.42 bits per heavy atom. The second kappa shape index (κ2) is 6.68. The summed E-state index contributed by atoms with van der Waals surface area (Å²) in [7, 11) is 0. The van der Waals surface area contributed by atoms with Crippen molar-refractivity contribution < 1.29 is 14.3 Å². The number of rotatable bonds is 3. The highest BCUT2D eigenvalue weighted by molar-refractivity contribution is 6.30. The Morgan fingerprint density at radius 2 is 1.79 bits per heavy atom. The molecule has 0 bridgehead atoms. The Bertz CT molecular complexity index is 853. The second-order valence-corrected chi connectivity index (χ2v) is 5.58. The van der Waals surface area contributed by atoms with Gasteiger partial charge in [0.15, 0.2) is 5.70 Å². The van der Waals surface area contributed by atoms with E-state index < -0.39 is 5.97 Å². The van der Waals surface area contributed by atoms with Crippen LogP contribution in [0.4, 0.5) is 5.69 Å². The Kier molecular flexibility index (Phi) is 4.44. The predicted octanol–water partition coefficient (Wildman–Crippen LogP) is 3.64. The van der Waals surface area contributed by atoms with Crippen LogP contribution in [0.15, 0.2) is 59.2 Å². The first kappa shape index (κ1) is 16.0. The van der Waals surface area contributed by atoms with Crippen LogP contribution < -0.4 is 5.32 Å². The molecule has 3 rings (SSSR count). The van der Waals surface area contributed by atoms with Gasteiger partial charge in [0.2, 0.25) is 11.8 Å². The van der Waals surface area contributed by atoms with Crippen LogP contribution in [0, 0.1) is 0 Å². The van der Waals surface area contributed by atoms with Crippen LogP contribution in [0.3, 0.4) is 0 Å². The fraction of sp³-hybridized carbons (Fsp3) is 0.0556. The summed E-state index contributed by atoms with van der Waals surface area (Å²) in [4.78, 5) is 27.2. The Morgan fingerprint density at radius 1 is 1.12 bits per heavy atom. The van der Waals surface area contributed by atoms with Crippen LogP contribution in [-0.2, 0) is 14.3 Å². The molecule has 0 fully saturated rings. The molecule has 1 aliphatic heterocycles. The highest BCUT2D eigenvalue weighted by Crippen LogP contribution is 2.21. The summed E-state index contributed by atoms with van der Waals surface area (Å²) in [5.41, 5.74) is 2.33. The topological polar surface area (TPSA) is 67.8 Å². The number of nitrogens with one attached hydrogen (secondary N) is 1. The third-order valence-corrected chi connectivity index (χ3v) is 3.50. The van der Waals surface area contributed by atoms with Gasteiger partial charge < -0.3 is 10.1 Å². The average molecular weight is 341 g/mol. The summed E-state index contributed by atoms with van der Waals surface area (Å²) in [6, 6.07) is 13.9. The van der Waals surface area contributed by atoms with Crippen molar-refractivity contribution in [3.05, 3.63) is 70.4 Å². The lowest BCUT2D eigenvalue weighted by atomic mass is 10.2. The van der Waals surface area contributed by atoms with Crippen LogP contribution >= 0.6 is 11.6 Å². The summed E-state index contributed by atoms with van der Waals surface area (Å²) in [6.45, 7) is 1.44. The number of ether oxygens (including phenoxy) is 1. The van der Waals surface area contributed by atoms with E-state index in [-0.39, 0.29) is 17.5 Å². The van der Waals surface area contributed by atoms with Gasteiger partial charge in [-0.3, -0.25) is 4.79 Å². The smallest absolute Gasteiger partial charge is 0.363 e. The monoisotopic (exact) mass is 340 g/mol. The van der Waals surface area contributed by atoms with Crippen molar-refractivity contribution in [2.75, 3.05) is 5.32 Å². The molecule has 0 radical (unpaired) electrons. The number of nitrogens with zero attached hydrogens (tertiary/aromatic N) is 1. The molecule has 0 aliphatic carbocycles. The molecule has 1 amide bonds. The van der Waals surface area contributed by atoms with Crippen molar-refractivity contribution in [1.29, 1.82) is 0 Å². The molecule has 24 heavy (non-hydrogen) atoms. The van der Waals surface area contributed by atoms with Gasteiger partial charge in [0.1, 0.15) is 0 Å². The molecule has 120 valence electrons. The molecular weight excluding hydrogens is 328 g/mol. The van der Waals surface area contributed by atoms with Crippen molar-refractivity contribution in [2.45, 2.75) is 6.92 Å². The van der Waals surface area contributed by atoms with Crippen molar-refractivity contribution in [1.82, 2.24) is 0 Å². The molecule has 0 aromatic heterocycles. The van der Waals surface area contributed by atoms with Gasteiger partial charge in [-0.2, -0.15) is 0 Å². The Labute approximate surface area is 143 Å². The predicted molar refractivity (Wildman–Crippen MR) is 92.8 cm³/mol. The molecule has 0 saturated carbocycles. The quantitative estimate of drug-likeness (QED) is 0.685. The molecule has 2 aromatic carbocycles. The lowest BCUT2D eigenvalue weighted by Crippen LogP contribution is -2.07. The molecule has 0 saturated heterocycles. The van der Waals surface area contributed by atoms with Crippen LogP contribution in [0.25, 0.3) is 6.08 Å². The molecule has 1 aliphatic rings. The van der Waals surface area contributed by atoms with E-state index in [0.717, 1.165) is 5.56 Å². The van der Waals surface area contributed by atoms with Crippen molar-refractivity contribution in [3.63, 3.8) is 0 Å². The molecule has 6 heteroatoms. The van der Waals surface area contributed by atoms with E-state index in [1.165, 1.54) is 6.92 Å². The van der Waals surface area contributed by atoms with Gasteiger partial charge in [0.05, 0.1) is 0 Å². The van der Waals surface area contributed by atoms with E-state index in [4.69, 9.17) is 16.3 Å². The number of amides is 1. The van der Waals surface area contributed by atoms with Crippen molar-refractivity contribution in [3.8, 4) is 0 Å². The molecule has 2 aromatic rings. The number of halogens is 1. The number of carbonyl (C=O) groups is 2. The zero-order valence-corrected chi connectivity index (χ0v) is 13.5. The van der Waals surface area contributed by atoms with Gasteiger partial charge in [0, 0.05) is 23.2 Å². The lowest BCUT2D eigenvalue weighted by Gasteiger charge is -2.03. The van der Waals surface area contributed by atoms with E-state index in [0.29, 0.717) is 16.3 Å². The summed E-state index contributed by atoms with van der Waals surface area (Å²) in [5, 5.41) is 3.29. The van der Waals surface area contributed by atoms with Gasteiger partial charge in [-0.1, -0.05) is 23.7 Å². The molecular formula is C18H13ClN2O3. The van der Waals surface area contributed by atoms with Crippen LogP contribution in [0.2, 0.25) is 5.02 Å². The third-order valence-electron chi connectivity index (χ3n) is 3.25. The first-order valence-corrected chi connectivity index (χ1v) is 7.55. The van der Waals surface area contributed by atoms with E-state index >= 15 is 0 Å². The van der Waals surface area contributed by atoms with Gasteiger partial charge in [-0.25, -0.2) is 9.79 Å². The van der Waals surface area contributed by atoms with E-state index in [1.54, 1.807) is 54.6 Å². The summed E-state index contributed by atoms with van der Waals surface area (Å²) in [5.74, 6) is -0.430. The average Bonchev–Trinajstić information content (AvgIpc) is 2.91. The summed E-state index contributed by atoms with van der Waals surface area (Å²) >= 11 is 5.84. The van der Waals surface area contributed by atoms with E-state index in [1.807, 2.05) is 0 Å². The first-order valence-electron chi connectivity index (χ1n) is 7.17. The highest BCUT2D eigenvalue weighted by atomic mass is 35.5. The molecule has 1 N–H and O–H groups in total. The zero-order chi connectivity index (χ0) is 17.1. The summed E-state index contributed by atoms with van der Waals surface area (Å²) in [6.07, 6.45) is 1.64. The molecule has 5 nitrogen and oxygen atoms in total. The highest BCUT2D eigenvalue weighted by Gasteiger charge is 2.24. The van der Waals surface area contributed by atoms with Gasteiger partial charge in [-0.15, -0.1) is 0 Å². The van der Waals surface area contributed by atoms with Crippen molar-refractivity contribution in [2.24, 2.45) is 4.99 Å². The normalized spacial score (nSPS) is 15.2. The van der Waals surface area contributed by atoms with Crippen LogP contribution in [0.5, 0.6) is 0 Å². The number of esters is 1. The zero-order valence-electron chi connectivity index (χ0n) is 12.7. The van der Waals surface area contributed by atoms with Crippen LogP contribution in [0.1, 0.15) is 18.1 Å². The minimum Gasteiger partial charge on any atom is -0.402 e. The SMILES string of the molecule is CC(=O)Nc1ccc(C2=N/C(=C\c3ccc(Cl)cc3)C(=O)O2)cc1. The maximum absolute atomic E-state index is 12.0. The number of hydrogen-bond acceptors (Lipinski definition) is 4. The standard InChI is InChI=1S/C18H13ClN2O3/c1-11(22)20-15-8-4-13(5-9-15)17-21-16(18(23)24-17)10-12-2-6-14(19)7-3-12/h2-10H,1H3,(H,20,22)/b16-10-. The number of cyclic esters (lactones) is 1. The Hall–Kier alpha value is -2.92. The van der Waals surface area contributed by atoms with Gasteiger partial charge in [-0.05, 0) is 48.0 Å². The number of hydrogen-bond donors (Lipinski definition) is 1. The van der Waals surface area contributed by atoms with Gasteiger partial charge in [0.25, 0.3) is 0 Å². The number of aliphatic imine (C=N–C) groups is 1. The number of anilines is 1. The fourth-order valence-corrected chi connectivity index (χ4v) is 2.27. The first-order chi connectivity index (χ1) is 11.5. The Balaban J connectivity index is 1.83. The maximum atomic E-state index is 12.0. The minimum absolute atomic E-state index is 0.152.